The molecule has 0 saturated carbocycles. The molecule has 0 bridgehead atoms. The first-order valence-electron chi connectivity index (χ1n) is 35.5. The Morgan fingerprint density at radius 2 is 0.570 bits per heavy atom. The van der Waals surface area contributed by atoms with E-state index in [0.717, 1.165) is 180 Å². The maximum absolute atomic E-state index is 12.9. The lowest BCUT2D eigenvalue weighted by molar-refractivity contribution is -0.161. The van der Waals surface area contributed by atoms with Crippen molar-refractivity contribution in [1.82, 2.24) is 0 Å². The number of carbonyl (C=O) groups is 3. The molecular formula is C75H126O16P2. The normalized spacial score (nSPS) is 15.0. The molecule has 5 atom stereocenters. The Kier molecular flexibility index (Phi) is 64.5. The van der Waals surface area contributed by atoms with Gasteiger partial charge in [0, 0.05) is 19.3 Å². The highest BCUT2D eigenvalue weighted by molar-refractivity contribution is 7.47. The summed E-state index contributed by atoms with van der Waals surface area (Å²) in [5, 5.41) is 20.6. The van der Waals surface area contributed by atoms with Crippen LogP contribution in [0.15, 0.2) is 134 Å². The minimum Gasteiger partial charge on any atom is -0.463 e. The molecule has 93 heavy (non-hydrogen) atoms. The summed E-state index contributed by atoms with van der Waals surface area (Å²) < 4.78 is 60.9. The largest absolute Gasteiger partial charge is 0.472 e. The van der Waals surface area contributed by atoms with Gasteiger partial charge in [0.1, 0.15) is 25.4 Å². The number of carbonyl (C=O) groups excluding carboxylic acids is 3. The van der Waals surface area contributed by atoms with Gasteiger partial charge in [-0.25, -0.2) is 9.13 Å². The molecule has 18 heteroatoms. The fraction of sp³-hybridized carbons (Fsp3) is 0.667. The van der Waals surface area contributed by atoms with Gasteiger partial charge >= 0.3 is 33.6 Å². The smallest absolute Gasteiger partial charge is 0.463 e. The van der Waals surface area contributed by atoms with Gasteiger partial charge < -0.3 is 34.2 Å². The molecule has 4 N–H and O–H groups in total. The van der Waals surface area contributed by atoms with E-state index < -0.39 is 91.5 Å². The molecule has 0 spiro atoms. The first-order valence-corrected chi connectivity index (χ1v) is 38.5. The lowest BCUT2D eigenvalue weighted by atomic mass is 10.1. The van der Waals surface area contributed by atoms with Crippen LogP contribution in [0.5, 0.6) is 0 Å². The molecule has 0 heterocycles. The van der Waals surface area contributed by atoms with Crippen molar-refractivity contribution in [2.75, 3.05) is 39.6 Å². The Morgan fingerprint density at radius 1 is 0.312 bits per heavy atom. The molecule has 5 unspecified atom stereocenters. The maximum atomic E-state index is 12.9. The quantitative estimate of drug-likeness (QED) is 0.0146. The molecule has 0 aromatic carbocycles. The number of phosphoric acid groups is 2. The van der Waals surface area contributed by atoms with E-state index in [1.54, 1.807) is 0 Å². The van der Waals surface area contributed by atoms with E-state index in [0.29, 0.717) is 19.3 Å². The Morgan fingerprint density at radius 3 is 0.914 bits per heavy atom. The summed E-state index contributed by atoms with van der Waals surface area (Å²) >= 11 is 0. The van der Waals surface area contributed by atoms with E-state index in [2.05, 4.69) is 154 Å². The molecule has 0 radical (unpaired) electrons. The van der Waals surface area contributed by atoms with Crippen molar-refractivity contribution in [3.63, 3.8) is 0 Å². The van der Waals surface area contributed by atoms with E-state index in [1.165, 1.54) is 25.7 Å². The number of unbranched alkanes of at least 4 members (excludes halogenated alkanes) is 21. The Labute approximate surface area is 563 Å². The molecule has 0 aromatic rings. The number of rotatable bonds is 66. The van der Waals surface area contributed by atoms with Crippen molar-refractivity contribution >= 4 is 33.6 Å². The monoisotopic (exact) mass is 1340 g/mol. The van der Waals surface area contributed by atoms with E-state index in [9.17, 15) is 43.5 Å². The number of esters is 3. The van der Waals surface area contributed by atoms with Crippen LogP contribution in [0.2, 0.25) is 0 Å². The summed E-state index contributed by atoms with van der Waals surface area (Å²) in [6.45, 7) is 2.37. The van der Waals surface area contributed by atoms with Crippen molar-refractivity contribution in [2.45, 2.75) is 283 Å². The van der Waals surface area contributed by atoms with Gasteiger partial charge in [0.25, 0.3) is 0 Å². The van der Waals surface area contributed by atoms with Crippen molar-refractivity contribution in [2.24, 2.45) is 0 Å². The topological polar surface area (TPSA) is 231 Å². The van der Waals surface area contributed by atoms with Crippen molar-refractivity contribution < 1.29 is 75.8 Å². The number of aliphatic hydroxyl groups excluding tert-OH is 2. The summed E-state index contributed by atoms with van der Waals surface area (Å²) in [6, 6.07) is 0. The predicted molar refractivity (Wildman–Crippen MR) is 380 cm³/mol. The van der Waals surface area contributed by atoms with Gasteiger partial charge in [-0.15, -0.1) is 0 Å². The lowest BCUT2D eigenvalue weighted by Crippen LogP contribution is -2.30. The van der Waals surface area contributed by atoms with Crippen LogP contribution < -0.4 is 0 Å². The van der Waals surface area contributed by atoms with Gasteiger partial charge in [-0.05, 0) is 135 Å². The summed E-state index contributed by atoms with van der Waals surface area (Å²) in [5.41, 5.74) is 0. The molecule has 0 rings (SSSR count). The van der Waals surface area contributed by atoms with E-state index in [1.807, 2.05) is 0 Å². The first kappa shape index (κ1) is 88.7. The highest BCUT2D eigenvalue weighted by Crippen LogP contribution is 2.45. The van der Waals surface area contributed by atoms with Crippen LogP contribution in [-0.2, 0) is 55.8 Å². The third-order valence-corrected chi connectivity index (χ3v) is 16.2. The molecule has 0 aliphatic heterocycles. The summed E-state index contributed by atoms with van der Waals surface area (Å²) in [6.07, 6.45) is 79.2. The summed E-state index contributed by atoms with van der Waals surface area (Å²) in [4.78, 5) is 58.4. The molecule has 0 fully saturated rings. The number of aliphatic hydroxyl groups is 2. The van der Waals surface area contributed by atoms with Gasteiger partial charge in [-0.1, -0.05) is 244 Å². The highest BCUT2D eigenvalue weighted by Gasteiger charge is 2.29. The molecule has 0 aliphatic carbocycles. The van der Waals surface area contributed by atoms with Gasteiger partial charge in [0.15, 0.2) is 6.10 Å². The average Bonchev–Trinajstić information content (AvgIpc) is 3.75. The van der Waals surface area contributed by atoms with Crippen LogP contribution in [-0.4, -0.2) is 95.9 Å². The zero-order chi connectivity index (χ0) is 68.1. The molecule has 0 saturated heterocycles. The maximum Gasteiger partial charge on any atom is 0.472 e. The second-order valence-corrected chi connectivity index (χ2v) is 26.2. The van der Waals surface area contributed by atoms with Gasteiger partial charge in [0.2, 0.25) is 0 Å². The van der Waals surface area contributed by atoms with E-state index in [-0.39, 0.29) is 19.3 Å². The van der Waals surface area contributed by atoms with Crippen LogP contribution in [0, 0.1) is 0 Å². The zero-order valence-corrected chi connectivity index (χ0v) is 59.4. The van der Waals surface area contributed by atoms with Crippen molar-refractivity contribution in [3.05, 3.63) is 134 Å². The number of phosphoric ester groups is 2. The molecule has 16 nitrogen and oxygen atoms in total. The third-order valence-electron chi connectivity index (χ3n) is 14.3. The minimum atomic E-state index is -4.94. The molecule has 0 aliphatic rings. The summed E-state index contributed by atoms with van der Waals surface area (Å²) in [7, 11) is -9.79. The highest BCUT2D eigenvalue weighted by atomic mass is 31.2. The minimum absolute atomic E-state index is 0.0864. The van der Waals surface area contributed by atoms with E-state index in [4.69, 9.17) is 32.3 Å². The van der Waals surface area contributed by atoms with Crippen LogP contribution in [0.25, 0.3) is 0 Å². The SMILES string of the molecule is CC/C=C\C/C=C\C/C=C\C/C=C\C/C=C\CCCCCCCCCC(=O)OCC(O)COP(=O)(O)OCC(O)COP(=O)(O)OCC(COC(=O)CCCCCCC/C=C\C/C=C\C/C=C\C/C=C\C/C=C\CC)OC(=O)CCCCCCC/C=C\CCCCCC. The predicted octanol–water partition coefficient (Wildman–Crippen LogP) is 20.0. The fourth-order valence-corrected chi connectivity index (χ4v) is 10.6. The van der Waals surface area contributed by atoms with Gasteiger partial charge in [-0.2, -0.15) is 0 Å². The van der Waals surface area contributed by atoms with E-state index >= 15 is 0 Å². The Balaban J connectivity index is 4.64. The van der Waals surface area contributed by atoms with Crippen LogP contribution in [0.1, 0.15) is 265 Å². The standard InChI is InChI=1S/C75H126O16P2/c1-4-7-10-13-16-19-22-25-27-29-31-33-34-36-38-39-41-44-46-49-52-55-58-61-73(78)85-64-70(76)65-87-92(81,82)88-66-71(77)67-89-93(83,84)90-69-72(91-75(80)63-60-57-54-51-48-43-24-21-18-15-12-9-6-3)68-86-74(79)62-59-56-53-50-47-45-42-40-37-35-32-30-28-26-23-20-17-14-11-8-5-2/h7-8,10-11,16-17,19-21,24-28,31-33,35-36,38,40,42,70-72,76-77H,4-6,9,12-15,18,22-23,29-30,34,37,39,41,43-69H2,1-3H3,(H,81,82)(H,83,84)/b10-7-,11-8-,19-16-,20-17-,24-21-,27-25-,28-26-,33-31-,35-32-,38-36-,42-40-. The van der Waals surface area contributed by atoms with Gasteiger partial charge in [0.05, 0.1) is 26.4 Å². The molecule has 0 aromatic heterocycles. The van der Waals surface area contributed by atoms with Crippen molar-refractivity contribution in [1.29, 1.82) is 0 Å². The van der Waals surface area contributed by atoms with Crippen LogP contribution in [0.3, 0.4) is 0 Å². The molecular weight excluding hydrogens is 1220 g/mol. The van der Waals surface area contributed by atoms with Crippen LogP contribution >= 0.6 is 15.6 Å². The number of allylic oxidation sites excluding steroid dienone is 22. The molecule has 532 valence electrons. The van der Waals surface area contributed by atoms with Crippen LogP contribution in [0.4, 0.5) is 0 Å². The third kappa shape index (κ3) is 68.9. The Hall–Kier alpha value is -4.31. The second kappa shape index (κ2) is 67.7. The molecule has 0 amide bonds. The number of hydrogen-bond donors (Lipinski definition) is 4. The fourth-order valence-electron chi connectivity index (χ4n) is 8.97. The summed E-state index contributed by atoms with van der Waals surface area (Å²) in [5.74, 6) is -1.62. The zero-order valence-electron chi connectivity index (χ0n) is 57.6. The second-order valence-electron chi connectivity index (χ2n) is 23.3. The van der Waals surface area contributed by atoms with Crippen molar-refractivity contribution in [3.8, 4) is 0 Å². The lowest BCUT2D eigenvalue weighted by Gasteiger charge is -2.21. The number of hydrogen-bond acceptors (Lipinski definition) is 14. The number of ether oxygens (including phenoxy) is 3. The average molecular weight is 1350 g/mol. The Bertz CT molecular complexity index is 2230. The van der Waals surface area contributed by atoms with Gasteiger partial charge in [-0.3, -0.25) is 32.5 Å². The first-order chi connectivity index (χ1) is 45.2.